The normalized spacial score (nSPS) is 10.1. The second-order valence-electron chi connectivity index (χ2n) is 3.72. The zero-order chi connectivity index (χ0) is 14.5. The Morgan fingerprint density at radius 1 is 1.35 bits per heavy atom. The predicted octanol–water partition coefficient (Wildman–Crippen LogP) is 2.71. The van der Waals surface area contributed by atoms with Crippen molar-refractivity contribution >= 4 is 28.9 Å². The van der Waals surface area contributed by atoms with Gasteiger partial charge < -0.3 is 10.1 Å². The highest BCUT2D eigenvalue weighted by molar-refractivity contribution is 7.11. The molecule has 0 spiro atoms. The molecule has 1 N–H and O–H groups in total. The Morgan fingerprint density at radius 2 is 2.05 bits per heavy atom. The highest BCUT2D eigenvalue weighted by Crippen LogP contribution is 2.14. The van der Waals surface area contributed by atoms with Gasteiger partial charge in [-0.3, -0.25) is 4.79 Å². The highest BCUT2D eigenvalue weighted by atomic mass is 32.1. The molecule has 0 saturated heterocycles. The van der Waals surface area contributed by atoms with Crippen LogP contribution in [0.2, 0.25) is 0 Å². The van der Waals surface area contributed by atoms with Crippen LogP contribution in [0.4, 0.5) is 10.1 Å². The number of anilines is 1. The molecule has 1 aromatic heterocycles. The minimum absolute atomic E-state index is 0.113. The molecule has 2 rings (SSSR count). The lowest BCUT2D eigenvalue weighted by Crippen LogP contribution is -2.13. The van der Waals surface area contributed by atoms with Gasteiger partial charge in [0.2, 0.25) is 5.01 Å². The number of thiazole rings is 1. The zero-order valence-corrected chi connectivity index (χ0v) is 11.4. The molecular weight excluding hydrogens is 283 g/mol. The first-order valence-electron chi connectivity index (χ1n) is 5.79. The van der Waals surface area contributed by atoms with Gasteiger partial charge in [0.05, 0.1) is 6.61 Å². The Hall–Kier alpha value is -2.28. The average molecular weight is 294 g/mol. The van der Waals surface area contributed by atoms with E-state index in [-0.39, 0.29) is 23.1 Å². The van der Waals surface area contributed by atoms with Gasteiger partial charge in [-0.2, -0.15) is 0 Å². The number of benzene rings is 1. The molecule has 1 aromatic carbocycles. The van der Waals surface area contributed by atoms with Crippen LogP contribution in [0.5, 0.6) is 0 Å². The smallest absolute Gasteiger partial charge is 0.367 e. The molecule has 20 heavy (non-hydrogen) atoms. The van der Waals surface area contributed by atoms with Crippen LogP contribution in [0.25, 0.3) is 0 Å². The van der Waals surface area contributed by atoms with Crippen LogP contribution in [0.3, 0.4) is 0 Å². The number of ether oxygens (including phenoxy) is 1. The van der Waals surface area contributed by atoms with E-state index in [1.807, 2.05) is 0 Å². The van der Waals surface area contributed by atoms with E-state index < -0.39 is 11.9 Å². The zero-order valence-electron chi connectivity index (χ0n) is 10.6. The summed E-state index contributed by atoms with van der Waals surface area (Å²) in [5, 5.41) is 4.14. The van der Waals surface area contributed by atoms with Crippen LogP contribution in [-0.2, 0) is 4.74 Å². The molecule has 0 unspecified atom stereocenters. The number of halogens is 1. The fourth-order valence-corrected chi connectivity index (χ4v) is 2.08. The standard InChI is InChI=1S/C13H11FN2O3S/c1-2-19-13(18)12-16-10(7-20-12)11(17)15-9-5-3-8(14)4-6-9/h3-7H,2H2,1H3,(H,15,17). The van der Waals surface area contributed by atoms with E-state index >= 15 is 0 Å². The van der Waals surface area contributed by atoms with Crippen LogP contribution in [-0.4, -0.2) is 23.5 Å². The third kappa shape index (κ3) is 3.39. The molecule has 0 aliphatic carbocycles. The van der Waals surface area contributed by atoms with Gasteiger partial charge in [-0.1, -0.05) is 0 Å². The van der Waals surface area contributed by atoms with Crippen LogP contribution in [0.15, 0.2) is 29.6 Å². The van der Waals surface area contributed by atoms with E-state index in [2.05, 4.69) is 10.3 Å². The fraction of sp³-hybridized carbons (Fsp3) is 0.154. The number of hydrogen-bond donors (Lipinski definition) is 1. The molecule has 0 aliphatic rings. The number of nitrogens with zero attached hydrogens (tertiary/aromatic N) is 1. The maximum absolute atomic E-state index is 12.7. The van der Waals surface area contributed by atoms with Gasteiger partial charge in [0.25, 0.3) is 5.91 Å². The maximum Gasteiger partial charge on any atom is 0.367 e. The predicted molar refractivity (Wildman–Crippen MR) is 72.4 cm³/mol. The number of rotatable bonds is 4. The largest absolute Gasteiger partial charge is 0.461 e. The van der Waals surface area contributed by atoms with E-state index in [0.29, 0.717) is 5.69 Å². The van der Waals surface area contributed by atoms with E-state index in [0.717, 1.165) is 11.3 Å². The first-order chi connectivity index (χ1) is 9.60. The Kier molecular flexibility index (Phi) is 4.41. The summed E-state index contributed by atoms with van der Waals surface area (Å²) in [6, 6.07) is 5.35. The number of carbonyl (C=O) groups is 2. The first kappa shape index (κ1) is 14.1. The Balaban J connectivity index is 2.06. The van der Waals surface area contributed by atoms with Gasteiger partial charge >= 0.3 is 5.97 Å². The molecule has 0 saturated carbocycles. The van der Waals surface area contributed by atoms with E-state index in [4.69, 9.17) is 4.74 Å². The lowest BCUT2D eigenvalue weighted by atomic mass is 10.3. The van der Waals surface area contributed by atoms with Crippen molar-refractivity contribution in [1.29, 1.82) is 0 Å². The van der Waals surface area contributed by atoms with Crippen molar-refractivity contribution in [3.8, 4) is 0 Å². The molecule has 1 amide bonds. The molecule has 7 heteroatoms. The molecule has 104 valence electrons. The van der Waals surface area contributed by atoms with Crippen molar-refractivity contribution in [3.63, 3.8) is 0 Å². The summed E-state index contributed by atoms with van der Waals surface area (Å²) in [4.78, 5) is 27.2. The molecule has 0 bridgehead atoms. The summed E-state index contributed by atoms with van der Waals surface area (Å²) in [6.07, 6.45) is 0. The van der Waals surface area contributed by atoms with Gasteiger partial charge in [-0.05, 0) is 31.2 Å². The third-order valence-electron chi connectivity index (χ3n) is 2.29. The number of carbonyl (C=O) groups excluding carboxylic acids is 2. The van der Waals surface area contributed by atoms with Crippen LogP contribution in [0, 0.1) is 5.82 Å². The fourth-order valence-electron chi connectivity index (χ4n) is 1.39. The third-order valence-corrected chi connectivity index (χ3v) is 3.11. The van der Waals surface area contributed by atoms with Gasteiger partial charge in [0, 0.05) is 11.1 Å². The summed E-state index contributed by atoms with van der Waals surface area (Å²) >= 11 is 1.03. The van der Waals surface area contributed by atoms with E-state index in [1.165, 1.54) is 29.6 Å². The molecule has 0 aliphatic heterocycles. The van der Waals surface area contributed by atoms with Gasteiger partial charge in [-0.15, -0.1) is 11.3 Å². The molecule has 2 aromatic rings. The van der Waals surface area contributed by atoms with Gasteiger partial charge in [0.15, 0.2) is 0 Å². The van der Waals surface area contributed by atoms with Gasteiger partial charge in [0.1, 0.15) is 11.5 Å². The number of aromatic nitrogens is 1. The number of nitrogens with one attached hydrogen (secondary N) is 1. The minimum atomic E-state index is -0.557. The minimum Gasteiger partial charge on any atom is -0.461 e. The number of esters is 1. The van der Waals surface area contributed by atoms with Crippen molar-refractivity contribution in [2.75, 3.05) is 11.9 Å². The van der Waals surface area contributed by atoms with Crippen molar-refractivity contribution < 1.29 is 18.7 Å². The Morgan fingerprint density at radius 3 is 2.70 bits per heavy atom. The molecule has 5 nitrogen and oxygen atoms in total. The molecule has 1 heterocycles. The van der Waals surface area contributed by atoms with Crippen LogP contribution >= 0.6 is 11.3 Å². The quantitative estimate of drug-likeness (QED) is 0.880. The van der Waals surface area contributed by atoms with Crippen molar-refractivity contribution in [2.45, 2.75) is 6.92 Å². The van der Waals surface area contributed by atoms with Crippen LogP contribution in [0.1, 0.15) is 27.2 Å². The second-order valence-corrected chi connectivity index (χ2v) is 4.58. The highest BCUT2D eigenvalue weighted by Gasteiger charge is 2.16. The summed E-state index contributed by atoms with van der Waals surface area (Å²) in [6.45, 7) is 1.93. The molecule has 0 atom stereocenters. The van der Waals surface area contributed by atoms with Crippen LogP contribution < -0.4 is 5.32 Å². The van der Waals surface area contributed by atoms with Crippen molar-refractivity contribution in [3.05, 3.63) is 46.2 Å². The molecular formula is C13H11FN2O3S. The maximum atomic E-state index is 12.7. The first-order valence-corrected chi connectivity index (χ1v) is 6.67. The van der Waals surface area contributed by atoms with Gasteiger partial charge in [-0.25, -0.2) is 14.2 Å². The second kappa shape index (κ2) is 6.25. The monoisotopic (exact) mass is 294 g/mol. The van der Waals surface area contributed by atoms with Crippen molar-refractivity contribution in [1.82, 2.24) is 4.98 Å². The summed E-state index contributed by atoms with van der Waals surface area (Å²) in [7, 11) is 0. The van der Waals surface area contributed by atoms with E-state index in [9.17, 15) is 14.0 Å². The Labute approximate surface area is 118 Å². The molecule has 0 radical (unpaired) electrons. The van der Waals surface area contributed by atoms with E-state index in [1.54, 1.807) is 6.92 Å². The Bertz CT molecular complexity index is 625. The summed E-state index contributed by atoms with van der Waals surface area (Å²) < 4.78 is 17.5. The lowest BCUT2D eigenvalue weighted by molar-refractivity contribution is 0.0526. The lowest BCUT2D eigenvalue weighted by Gasteiger charge is -2.02. The topological polar surface area (TPSA) is 68.3 Å². The molecule has 0 fully saturated rings. The average Bonchev–Trinajstić information content (AvgIpc) is 2.91. The summed E-state index contributed by atoms with van der Waals surface area (Å²) in [5.41, 5.74) is 0.560. The number of hydrogen-bond acceptors (Lipinski definition) is 5. The summed E-state index contributed by atoms with van der Waals surface area (Å²) in [5.74, 6) is -1.41. The SMILES string of the molecule is CCOC(=O)c1nc(C(=O)Nc2ccc(F)cc2)cs1. The van der Waals surface area contributed by atoms with Crippen molar-refractivity contribution in [2.24, 2.45) is 0 Å². The number of amides is 1.